The van der Waals surface area contributed by atoms with E-state index in [2.05, 4.69) is 10.3 Å². The van der Waals surface area contributed by atoms with E-state index < -0.39 is 0 Å². The Bertz CT molecular complexity index is 859. The molecule has 7 nitrogen and oxygen atoms in total. The zero-order valence-electron chi connectivity index (χ0n) is 16.2. The molecule has 1 fully saturated rings. The van der Waals surface area contributed by atoms with Crippen LogP contribution in [0.3, 0.4) is 0 Å². The van der Waals surface area contributed by atoms with Crippen molar-refractivity contribution >= 4 is 35.1 Å². The molecule has 3 rings (SSSR count). The van der Waals surface area contributed by atoms with Gasteiger partial charge in [-0.05, 0) is 38.0 Å². The molecule has 0 bridgehead atoms. The standard InChI is InChI=1S/C20H26N4O3.ClH/c1-13-17(10-14-5-6-16(27-2)11-18(14)23-13)20(26)24-9-3-4-15(12-24)19(25)22-8-7-21;/h5-6,10-11,15H,3-4,7-9,12,21H2,1-2H3,(H,22,25);1H. The molecule has 1 aromatic carbocycles. The number of fused-ring (bicyclic) bond motifs is 1. The van der Waals surface area contributed by atoms with Crippen LogP contribution >= 0.6 is 12.4 Å². The summed E-state index contributed by atoms with van der Waals surface area (Å²) >= 11 is 0. The number of halogens is 1. The Hall–Kier alpha value is -2.38. The van der Waals surface area contributed by atoms with Gasteiger partial charge in [0.25, 0.3) is 5.91 Å². The molecule has 1 saturated heterocycles. The first-order valence-corrected chi connectivity index (χ1v) is 9.26. The second kappa shape index (κ2) is 9.71. The zero-order chi connectivity index (χ0) is 19.4. The highest BCUT2D eigenvalue weighted by molar-refractivity contribution is 5.99. The molecule has 2 aromatic rings. The molecule has 0 aliphatic carbocycles. The molecule has 1 atom stereocenters. The summed E-state index contributed by atoms with van der Waals surface area (Å²) in [5.41, 5.74) is 7.49. The van der Waals surface area contributed by atoms with E-state index in [9.17, 15) is 9.59 Å². The summed E-state index contributed by atoms with van der Waals surface area (Å²) in [6, 6.07) is 7.48. The van der Waals surface area contributed by atoms with Gasteiger partial charge >= 0.3 is 0 Å². The van der Waals surface area contributed by atoms with E-state index in [1.807, 2.05) is 31.2 Å². The van der Waals surface area contributed by atoms with E-state index in [-0.39, 0.29) is 30.1 Å². The number of carbonyl (C=O) groups is 2. The number of pyridine rings is 1. The van der Waals surface area contributed by atoms with Crippen molar-refractivity contribution in [3.63, 3.8) is 0 Å². The van der Waals surface area contributed by atoms with Crippen molar-refractivity contribution in [2.45, 2.75) is 19.8 Å². The SMILES string of the molecule is COc1ccc2cc(C(=O)N3CCCC(C(=O)NCCN)C3)c(C)nc2c1.Cl. The van der Waals surface area contributed by atoms with Gasteiger partial charge in [0.1, 0.15) is 5.75 Å². The number of aryl methyl sites for hydroxylation is 1. The molecule has 2 amide bonds. The first-order chi connectivity index (χ1) is 13.0. The molecule has 0 spiro atoms. The van der Waals surface area contributed by atoms with E-state index in [0.717, 1.165) is 29.5 Å². The number of likely N-dealkylation sites (tertiary alicyclic amines) is 1. The van der Waals surface area contributed by atoms with Gasteiger partial charge in [-0.2, -0.15) is 0 Å². The van der Waals surface area contributed by atoms with Crippen molar-refractivity contribution in [1.82, 2.24) is 15.2 Å². The van der Waals surface area contributed by atoms with Gasteiger partial charge in [-0.3, -0.25) is 14.6 Å². The summed E-state index contributed by atoms with van der Waals surface area (Å²) in [6.07, 6.45) is 1.60. The Morgan fingerprint density at radius 3 is 2.86 bits per heavy atom. The molecular weight excluding hydrogens is 380 g/mol. The fraction of sp³-hybridized carbons (Fsp3) is 0.450. The van der Waals surface area contributed by atoms with Crippen LogP contribution in [0.15, 0.2) is 24.3 Å². The third-order valence-corrected chi connectivity index (χ3v) is 4.97. The number of hydrogen-bond acceptors (Lipinski definition) is 5. The van der Waals surface area contributed by atoms with Crippen molar-refractivity contribution < 1.29 is 14.3 Å². The molecule has 152 valence electrons. The van der Waals surface area contributed by atoms with E-state index in [4.69, 9.17) is 10.5 Å². The summed E-state index contributed by atoms with van der Waals surface area (Å²) in [5.74, 6) is 0.440. The van der Waals surface area contributed by atoms with Crippen LogP contribution in [0.25, 0.3) is 10.9 Å². The molecule has 1 aromatic heterocycles. The molecule has 8 heteroatoms. The third kappa shape index (κ3) is 4.72. The van der Waals surface area contributed by atoms with Crippen LogP contribution in [0.4, 0.5) is 0 Å². The van der Waals surface area contributed by atoms with Gasteiger partial charge in [0.15, 0.2) is 0 Å². The van der Waals surface area contributed by atoms with Gasteiger partial charge < -0.3 is 20.7 Å². The van der Waals surface area contributed by atoms with Gasteiger partial charge in [0.2, 0.25) is 5.91 Å². The van der Waals surface area contributed by atoms with Gasteiger partial charge in [-0.15, -0.1) is 12.4 Å². The van der Waals surface area contributed by atoms with Gasteiger partial charge in [-0.1, -0.05) is 0 Å². The van der Waals surface area contributed by atoms with E-state index in [1.54, 1.807) is 12.0 Å². The Kier molecular flexibility index (Phi) is 7.60. The summed E-state index contributed by atoms with van der Waals surface area (Å²) in [7, 11) is 1.61. The lowest BCUT2D eigenvalue weighted by Gasteiger charge is -2.32. The van der Waals surface area contributed by atoms with Crippen LogP contribution in [0.1, 0.15) is 28.9 Å². The number of nitrogens with one attached hydrogen (secondary N) is 1. The topological polar surface area (TPSA) is 97.5 Å². The van der Waals surface area contributed by atoms with Gasteiger partial charge in [0.05, 0.1) is 29.8 Å². The Morgan fingerprint density at radius 1 is 1.36 bits per heavy atom. The number of methoxy groups -OCH3 is 1. The second-order valence-corrected chi connectivity index (χ2v) is 6.85. The minimum atomic E-state index is -0.188. The predicted molar refractivity (Wildman–Crippen MR) is 111 cm³/mol. The number of ether oxygens (including phenoxy) is 1. The summed E-state index contributed by atoms with van der Waals surface area (Å²) in [4.78, 5) is 31.6. The largest absolute Gasteiger partial charge is 0.497 e. The highest BCUT2D eigenvalue weighted by Crippen LogP contribution is 2.24. The number of benzene rings is 1. The number of aromatic nitrogens is 1. The zero-order valence-corrected chi connectivity index (χ0v) is 17.1. The molecule has 2 heterocycles. The lowest BCUT2D eigenvalue weighted by molar-refractivity contribution is -0.126. The van der Waals surface area contributed by atoms with Crippen molar-refractivity contribution in [1.29, 1.82) is 0 Å². The Balaban J connectivity index is 0.00000280. The summed E-state index contributed by atoms with van der Waals surface area (Å²) in [6.45, 7) is 3.78. The number of carbonyl (C=O) groups excluding carboxylic acids is 2. The van der Waals surface area contributed by atoms with E-state index in [1.165, 1.54) is 0 Å². The van der Waals surface area contributed by atoms with Crippen LogP contribution in [-0.2, 0) is 4.79 Å². The molecule has 0 radical (unpaired) electrons. The number of piperidine rings is 1. The maximum Gasteiger partial charge on any atom is 0.255 e. The van der Waals surface area contributed by atoms with Gasteiger partial charge in [-0.25, -0.2) is 0 Å². The van der Waals surface area contributed by atoms with Crippen LogP contribution < -0.4 is 15.8 Å². The highest BCUT2D eigenvalue weighted by atomic mass is 35.5. The van der Waals surface area contributed by atoms with Crippen LogP contribution in [-0.4, -0.2) is 55.0 Å². The summed E-state index contributed by atoms with van der Waals surface area (Å²) in [5, 5.41) is 3.71. The Morgan fingerprint density at radius 2 is 2.14 bits per heavy atom. The molecule has 1 unspecified atom stereocenters. The maximum absolute atomic E-state index is 13.1. The van der Waals surface area contributed by atoms with Crippen molar-refractivity contribution in [2.75, 3.05) is 33.3 Å². The maximum atomic E-state index is 13.1. The van der Waals surface area contributed by atoms with Crippen molar-refractivity contribution in [2.24, 2.45) is 11.7 Å². The monoisotopic (exact) mass is 406 g/mol. The number of amides is 2. The lowest BCUT2D eigenvalue weighted by Crippen LogP contribution is -2.46. The predicted octanol–water partition coefficient (Wildman–Crippen LogP) is 1.90. The average molecular weight is 407 g/mol. The fourth-order valence-corrected chi connectivity index (χ4v) is 3.47. The smallest absolute Gasteiger partial charge is 0.255 e. The molecule has 28 heavy (non-hydrogen) atoms. The third-order valence-electron chi connectivity index (χ3n) is 4.97. The van der Waals surface area contributed by atoms with Crippen LogP contribution in [0, 0.1) is 12.8 Å². The normalized spacial score (nSPS) is 16.4. The number of nitrogens with zero attached hydrogens (tertiary/aromatic N) is 2. The number of nitrogens with two attached hydrogens (primary N) is 1. The van der Waals surface area contributed by atoms with Crippen LogP contribution in [0.2, 0.25) is 0 Å². The lowest BCUT2D eigenvalue weighted by atomic mass is 9.96. The number of hydrogen-bond donors (Lipinski definition) is 2. The quantitative estimate of drug-likeness (QED) is 0.790. The fourth-order valence-electron chi connectivity index (χ4n) is 3.47. The number of rotatable bonds is 5. The minimum absolute atomic E-state index is 0. The Labute approximate surface area is 171 Å². The molecule has 0 saturated carbocycles. The minimum Gasteiger partial charge on any atom is -0.497 e. The molecule has 1 aliphatic heterocycles. The van der Waals surface area contributed by atoms with Crippen molar-refractivity contribution in [3.8, 4) is 5.75 Å². The summed E-state index contributed by atoms with van der Waals surface area (Å²) < 4.78 is 5.24. The van der Waals surface area contributed by atoms with Gasteiger partial charge in [0, 0.05) is 37.6 Å². The van der Waals surface area contributed by atoms with E-state index >= 15 is 0 Å². The second-order valence-electron chi connectivity index (χ2n) is 6.85. The van der Waals surface area contributed by atoms with E-state index in [0.29, 0.717) is 37.4 Å². The first kappa shape index (κ1) is 21.9. The van der Waals surface area contributed by atoms with Crippen molar-refractivity contribution in [3.05, 3.63) is 35.5 Å². The molecular formula is C20H27ClN4O3. The first-order valence-electron chi connectivity index (χ1n) is 9.26. The molecule has 1 aliphatic rings. The van der Waals surface area contributed by atoms with Crippen LogP contribution in [0.5, 0.6) is 5.75 Å². The highest BCUT2D eigenvalue weighted by Gasteiger charge is 2.29. The average Bonchev–Trinajstić information content (AvgIpc) is 2.70. The molecule has 3 N–H and O–H groups in total.